The van der Waals surface area contributed by atoms with Gasteiger partial charge in [-0.2, -0.15) is 0 Å². The van der Waals surface area contributed by atoms with Gasteiger partial charge < -0.3 is 16.5 Å². The molecule has 3 aromatic rings. The molecule has 0 aliphatic heterocycles. The van der Waals surface area contributed by atoms with E-state index in [-0.39, 0.29) is 7.43 Å². The van der Waals surface area contributed by atoms with Crippen molar-refractivity contribution in [3.8, 4) is 0 Å². The number of aromatic nitrogens is 1. The van der Waals surface area contributed by atoms with E-state index in [2.05, 4.69) is 4.98 Å². The van der Waals surface area contributed by atoms with Crippen LogP contribution >= 0.6 is 0 Å². The fraction of sp³-hybridized carbons (Fsp3) is 0.0769. The van der Waals surface area contributed by atoms with E-state index >= 15 is 0 Å². The molecule has 0 fully saturated rings. The average molecular weight is 213 g/mol. The summed E-state index contributed by atoms with van der Waals surface area (Å²) in [6, 6.07) is 11.7. The van der Waals surface area contributed by atoms with Gasteiger partial charge in [0, 0.05) is 33.2 Å². The van der Waals surface area contributed by atoms with Crippen LogP contribution in [0.3, 0.4) is 0 Å². The van der Waals surface area contributed by atoms with Crippen LogP contribution in [-0.4, -0.2) is 4.98 Å². The van der Waals surface area contributed by atoms with Gasteiger partial charge in [0.25, 0.3) is 0 Å². The van der Waals surface area contributed by atoms with Crippen LogP contribution < -0.4 is 11.5 Å². The molecule has 0 atom stereocenters. The summed E-state index contributed by atoms with van der Waals surface area (Å²) in [4.78, 5) is 3.32. The van der Waals surface area contributed by atoms with Gasteiger partial charge in [0.15, 0.2) is 0 Å². The normalized spacial score (nSPS) is 10.5. The van der Waals surface area contributed by atoms with Crippen molar-refractivity contribution < 1.29 is 0 Å². The first-order valence-electron chi connectivity index (χ1n) is 4.80. The monoisotopic (exact) mass is 213 g/mol. The lowest BCUT2D eigenvalue weighted by Gasteiger charge is -1.95. The number of benzene rings is 2. The summed E-state index contributed by atoms with van der Waals surface area (Å²) in [5, 5.41) is 2.24. The minimum absolute atomic E-state index is 0. The zero-order valence-electron chi connectivity index (χ0n) is 8.12. The van der Waals surface area contributed by atoms with Crippen LogP contribution in [0.2, 0.25) is 0 Å². The van der Waals surface area contributed by atoms with Crippen LogP contribution in [0, 0.1) is 0 Å². The van der Waals surface area contributed by atoms with Crippen LogP contribution in [-0.2, 0) is 0 Å². The summed E-state index contributed by atoms with van der Waals surface area (Å²) in [7, 11) is 0. The first-order valence-corrected chi connectivity index (χ1v) is 4.80. The molecule has 0 radical (unpaired) electrons. The minimum Gasteiger partial charge on any atom is -0.399 e. The lowest BCUT2D eigenvalue weighted by Crippen LogP contribution is -1.83. The van der Waals surface area contributed by atoms with Crippen LogP contribution in [0.4, 0.5) is 11.4 Å². The summed E-state index contributed by atoms with van der Waals surface area (Å²) in [5.74, 6) is 0. The molecular formula is C13H15N3. The molecule has 0 saturated carbocycles. The van der Waals surface area contributed by atoms with Crippen molar-refractivity contribution >= 4 is 33.2 Å². The highest BCUT2D eigenvalue weighted by Gasteiger charge is 2.04. The van der Waals surface area contributed by atoms with E-state index in [0.29, 0.717) is 0 Å². The summed E-state index contributed by atoms with van der Waals surface area (Å²) in [6.07, 6.45) is 0. The maximum atomic E-state index is 5.77. The van der Waals surface area contributed by atoms with E-state index in [0.717, 1.165) is 33.2 Å². The first kappa shape index (κ1) is 10.4. The standard InChI is InChI=1S/C12H11N3.CH4/c13-7-1-3-11-9(5-7)10-6-8(14)2-4-12(10)15-11;/h1-6,15H,13-14H2;1H4. The number of rotatable bonds is 0. The highest BCUT2D eigenvalue weighted by molar-refractivity contribution is 6.09. The van der Waals surface area contributed by atoms with Crippen molar-refractivity contribution in [3.63, 3.8) is 0 Å². The highest BCUT2D eigenvalue weighted by atomic mass is 14.7. The molecule has 0 unspecified atom stereocenters. The second-order valence-corrected chi connectivity index (χ2v) is 3.74. The number of hydrogen-bond acceptors (Lipinski definition) is 2. The third kappa shape index (κ3) is 1.37. The molecule has 0 aliphatic rings. The van der Waals surface area contributed by atoms with Gasteiger partial charge in [-0.05, 0) is 36.4 Å². The van der Waals surface area contributed by atoms with E-state index in [1.54, 1.807) is 0 Å². The van der Waals surface area contributed by atoms with Crippen LogP contribution in [0.15, 0.2) is 36.4 Å². The molecule has 0 bridgehead atoms. The van der Waals surface area contributed by atoms with Crippen LogP contribution in [0.1, 0.15) is 7.43 Å². The number of nitrogens with two attached hydrogens (primary N) is 2. The molecule has 0 aliphatic carbocycles. The number of aromatic amines is 1. The first-order chi connectivity index (χ1) is 7.24. The quantitative estimate of drug-likeness (QED) is 0.502. The molecule has 0 amide bonds. The lowest BCUT2D eigenvalue weighted by atomic mass is 10.1. The summed E-state index contributed by atoms with van der Waals surface area (Å²) >= 11 is 0. The summed E-state index contributed by atoms with van der Waals surface area (Å²) in [5.41, 5.74) is 15.2. The van der Waals surface area contributed by atoms with E-state index in [9.17, 15) is 0 Å². The van der Waals surface area contributed by atoms with Gasteiger partial charge >= 0.3 is 0 Å². The molecular weight excluding hydrogens is 198 g/mol. The maximum Gasteiger partial charge on any atom is 0.0466 e. The highest BCUT2D eigenvalue weighted by Crippen LogP contribution is 2.28. The Morgan fingerprint density at radius 1 is 0.750 bits per heavy atom. The van der Waals surface area contributed by atoms with E-state index < -0.39 is 0 Å². The number of nitrogen functional groups attached to an aromatic ring is 2. The Hall–Kier alpha value is -2.16. The van der Waals surface area contributed by atoms with Crippen molar-refractivity contribution in [2.45, 2.75) is 7.43 Å². The second kappa shape index (κ2) is 3.45. The Labute approximate surface area is 94.1 Å². The van der Waals surface area contributed by atoms with Crippen molar-refractivity contribution in [2.75, 3.05) is 11.5 Å². The Balaban J connectivity index is 0.000000963. The predicted octanol–water partition coefficient (Wildman–Crippen LogP) is 3.12. The number of H-pyrrole nitrogens is 1. The van der Waals surface area contributed by atoms with E-state index in [4.69, 9.17) is 11.5 Å². The van der Waals surface area contributed by atoms with Gasteiger partial charge in [0.05, 0.1) is 0 Å². The smallest absolute Gasteiger partial charge is 0.0466 e. The third-order valence-electron chi connectivity index (χ3n) is 2.65. The molecule has 1 heterocycles. The van der Waals surface area contributed by atoms with Crippen molar-refractivity contribution in [2.24, 2.45) is 0 Å². The molecule has 2 aromatic carbocycles. The predicted molar refractivity (Wildman–Crippen MR) is 71.4 cm³/mol. The van der Waals surface area contributed by atoms with Crippen molar-refractivity contribution in [1.82, 2.24) is 4.98 Å². The van der Waals surface area contributed by atoms with Crippen molar-refractivity contribution in [1.29, 1.82) is 0 Å². The molecule has 16 heavy (non-hydrogen) atoms. The zero-order chi connectivity index (χ0) is 10.4. The lowest BCUT2D eigenvalue weighted by molar-refractivity contribution is 1.54. The Morgan fingerprint density at radius 3 is 1.62 bits per heavy atom. The van der Waals surface area contributed by atoms with Gasteiger partial charge in [-0.25, -0.2) is 0 Å². The Morgan fingerprint density at radius 2 is 1.19 bits per heavy atom. The molecule has 5 N–H and O–H groups in total. The van der Waals surface area contributed by atoms with E-state index in [1.807, 2.05) is 36.4 Å². The Bertz CT molecular complexity index is 596. The van der Waals surface area contributed by atoms with Crippen LogP contribution in [0.25, 0.3) is 21.8 Å². The summed E-state index contributed by atoms with van der Waals surface area (Å²) < 4.78 is 0. The van der Waals surface area contributed by atoms with Gasteiger partial charge in [-0.15, -0.1) is 0 Å². The topological polar surface area (TPSA) is 67.8 Å². The number of fused-ring (bicyclic) bond motifs is 3. The van der Waals surface area contributed by atoms with Gasteiger partial charge in [0.1, 0.15) is 0 Å². The molecule has 1 aromatic heterocycles. The van der Waals surface area contributed by atoms with Gasteiger partial charge in [-0.1, -0.05) is 7.43 Å². The minimum atomic E-state index is 0. The number of anilines is 2. The maximum absolute atomic E-state index is 5.77. The number of hydrogen-bond donors (Lipinski definition) is 3. The fourth-order valence-corrected chi connectivity index (χ4v) is 1.93. The Kier molecular flexibility index (Phi) is 2.23. The molecule has 0 saturated heterocycles. The van der Waals surface area contributed by atoms with Crippen molar-refractivity contribution in [3.05, 3.63) is 36.4 Å². The van der Waals surface area contributed by atoms with Gasteiger partial charge in [0.2, 0.25) is 0 Å². The largest absolute Gasteiger partial charge is 0.399 e. The van der Waals surface area contributed by atoms with E-state index in [1.165, 1.54) is 0 Å². The van der Waals surface area contributed by atoms with Gasteiger partial charge in [-0.3, -0.25) is 0 Å². The number of nitrogens with one attached hydrogen (secondary N) is 1. The molecule has 3 rings (SSSR count). The molecule has 82 valence electrons. The third-order valence-corrected chi connectivity index (χ3v) is 2.65. The average Bonchev–Trinajstić information content (AvgIpc) is 2.56. The second-order valence-electron chi connectivity index (χ2n) is 3.74. The van der Waals surface area contributed by atoms with Crippen LogP contribution in [0.5, 0.6) is 0 Å². The molecule has 3 heteroatoms. The SMILES string of the molecule is C.Nc1ccc2[nH]c3ccc(N)cc3c2c1. The molecule has 0 spiro atoms. The molecule has 3 nitrogen and oxygen atoms in total. The zero-order valence-corrected chi connectivity index (χ0v) is 8.12. The summed E-state index contributed by atoms with van der Waals surface area (Å²) in [6.45, 7) is 0. The fourth-order valence-electron chi connectivity index (χ4n) is 1.93.